The lowest BCUT2D eigenvalue weighted by atomic mass is 10.1. The summed E-state index contributed by atoms with van der Waals surface area (Å²) < 4.78 is 1.44. The molecule has 0 saturated heterocycles. The zero-order chi connectivity index (χ0) is 15.4. The summed E-state index contributed by atoms with van der Waals surface area (Å²) >= 11 is 0. The predicted molar refractivity (Wildman–Crippen MR) is 77.0 cm³/mol. The van der Waals surface area contributed by atoms with Gasteiger partial charge in [0.05, 0.1) is 5.69 Å². The molecule has 1 atom stereocenters. The summed E-state index contributed by atoms with van der Waals surface area (Å²) in [6.45, 7) is 1.77. The molecule has 6 nitrogen and oxygen atoms in total. The van der Waals surface area contributed by atoms with Crippen LogP contribution in [0.5, 0.6) is 0 Å². The van der Waals surface area contributed by atoms with E-state index in [-0.39, 0.29) is 6.42 Å². The van der Waals surface area contributed by atoms with Crippen LogP contribution in [0.25, 0.3) is 0 Å². The van der Waals surface area contributed by atoms with Crippen LogP contribution in [0, 0.1) is 6.92 Å². The van der Waals surface area contributed by atoms with Gasteiger partial charge in [-0.1, -0.05) is 30.3 Å². The highest BCUT2D eigenvalue weighted by Crippen LogP contribution is 2.06. The molecule has 1 heterocycles. The third-order valence-corrected chi connectivity index (χ3v) is 3.12. The van der Waals surface area contributed by atoms with Gasteiger partial charge < -0.3 is 10.4 Å². The summed E-state index contributed by atoms with van der Waals surface area (Å²) in [4.78, 5) is 23.5. The van der Waals surface area contributed by atoms with Crippen molar-refractivity contribution in [2.24, 2.45) is 7.05 Å². The number of hydrogen-bond acceptors (Lipinski definition) is 3. The fraction of sp³-hybridized carbons (Fsp3) is 0.267. The summed E-state index contributed by atoms with van der Waals surface area (Å²) in [5.74, 6) is -1.51. The number of carboxylic acid groups (broad SMARTS) is 1. The van der Waals surface area contributed by atoms with Crippen molar-refractivity contribution in [3.63, 3.8) is 0 Å². The number of amides is 1. The molecule has 110 valence electrons. The first kappa shape index (κ1) is 14.8. The molecule has 0 aliphatic heterocycles. The van der Waals surface area contributed by atoms with Gasteiger partial charge in [-0.25, -0.2) is 4.79 Å². The highest BCUT2D eigenvalue weighted by molar-refractivity contribution is 5.95. The molecule has 2 aromatic rings. The topological polar surface area (TPSA) is 84.2 Å². The lowest BCUT2D eigenvalue weighted by molar-refractivity contribution is -0.139. The number of carboxylic acids is 1. The molecule has 2 N–H and O–H groups in total. The van der Waals surface area contributed by atoms with Gasteiger partial charge in [0.25, 0.3) is 5.91 Å². The molecule has 0 aliphatic carbocycles. The van der Waals surface area contributed by atoms with Crippen LogP contribution in [0.1, 0.15) is 21.7 Å². The SMILES string of the molecule is Cc1cc(C(=O)N[C@@H](Cc2ccccc2)C(=O)O)n(C)n1. The van der Waals surface area contributed by atoms with Gasteiger partial charge in [0.1, 0.15) is 11.7 Å². The standard InChI is InChI=1S/C15H17N3O3/c1-10-8-13(18(2)17-10)14(19)16-12(15(20)21)9-11-6-4-3-5-7-11/h3-8,12H,9H2,1-2H3,(H,16,19)(H,20,21)/t12-/m0/s1. The molecular weight excluding hydrogens is 270 g/mol. The Hall–Kier alpha value is -2.63. The fourth-order valence-electron chi connectivity index (χ4n) is 2.11. The fourth-order valence-corrected chi connectivity index (χ4v) is 2.11. The Morgan fingerprint density at radius 3 is 2.52 bits per heavy atom. The van der Waals surface area contributed by atoms with Gasteiger partial charge in [0.2, 0.25) is 0 Å². The van der Waals surface area contributed by atoms with E-state index in [1.807, 2.05) is 30.3 Å². The zero-order valence-corrected chi connectivity index (χ0v) is 11.9. The number of hydrogen-bond donors (Lipinski definition) is 2. The van der Waals surface area contributed by atoms with E-state index in [1.54, 1.807) is 20.0 Å². The minimum absolute atomic E-state index is 0.235. The van der Waals surface area contributed by atoms with Gasteiger partial charge in [-0.3, -0.25) is 9.48 Å². The maximum atomic E-state index is 12.1. The zero-order valence-electron chi connectivity index (χ0n) is 11.9. The number of nitrogens with one attached hydrogen (secondary N) is 1. The number of carbonyl (C=O) groups excluding carboxylic acids is 1. The van der Waals surface area contributed by atoms with E-state index >= 15 is 0 Å². The molecule has 0 aliphatic rings. The molecule has 0 fully saturated rings. The Labute approximate surface area is 122 Å². The van der Waals surface area contributed by atoms with E-state index in [0.29, 0.717) is 11.4 Å². The van der Waals surface area contributed by atoms with Crippen molar-refractivity contribution in [2.75, 3.05) is 0 Å². The molecule has 0 radical (unpaired) electrons. The minimum atomic E-state index is -1.06. The van der Waals surface area contributed by atoms with Crippen LogP contribution < -0.4 is 5.32 Å². The molecule has 0 saturated carbocycles. The Morgan fingerprint density at radius 2 is 2.00 bits per heavy atom. The quantitative estimate of drug-likeness (QED) is 0.864. The number of rotatable bonds is 5. The van der Waals surface area contributed by atoms with E-state index in [4.69, 9.17) is 0 Å². The molecular formula is C15H17N3O3. The van der Waals surface area contributed by atoms with E-state index in [0.717, 1.165) is 5.56 Å². The number of aliphatic carboxylic acids is 1. The van der Waals surface area contributed by atoms with Crippen molar-refractivity contribution < 1.29 is 14.7 Å². The molecule has 6 heteroatoms. The average Bonchev–Trinajstić information content (AvgIpc) is 2.78. The van der Waals surface area contributed by atoms with E-state index in [9.17, 15) is 14.7 Å². The molecule has 1 amide bonds. The third kappa shape index (κ3) is 3.68. The number of aryl methyl sites for hydroxylation is 2. The average molecular weight is 287 g/mol. The summed E-state index contributed by atoms with van der Waals surface area (Å²) in [7, 11) is 1.65. The van der Waals surface area contributed by atoms with Crippen molar-refractivity contribution in [2.45, 2.75) is 19.4 Å². The largest absolute Gasteiger partial charge is 0.480 e. The lowest BCUT2D eigenvalue weighted by Gasteiger charge is -2.14. The monoisotopic (exact) mass is 287 g/mol. The summed E-state index contributed by atoms with van der Waals surface area (Å²) in [5.41, 5.74) is 1.90. The molecule has 2 rings (SSSR count). The van der Waals surface area contributed by atoms with Gasteiger partial charge in [-0.15, -0.1) is 0 Å². The van der Waals surface area contributed by atoms with Crippen LogP contribution in [0.15, 0.2) is 36.4 Å². The number of aromatic nitrogens is 2. The molecule has 1 aromatic heterocycles. The van der Waals surface area contributed by atoms with Gasteiger partial charge in [-0.05, 0) is 18.6 Å². The van der Waals surface area contributed by atoms with Crippen LogP contribution in [0.3, 0.4) is 0 Å². The Bertz CT molecular complexity index is 649. The predicted octanol–water partition coefficient (Wildman–Crippen LogP) is 1.15. The van der Waals surface area contributed by atoms with Crippen LogP contribution in [0.2, 0.25) is 0 Å². The van der Waals surface area contributed by atoms with Crippen molar-refractivity contribution in [3.05, 3.63) is 53.3 Å². The van der Waals surface area contributed by atoms with Gasteiger partial charge in [0.15, 0.2) is 0 Å². The minimum Gasteiger partial charge on any atom is -0.480 e. The molecule has 0 bridgehead atoms. The number of carbonyl (C=O) groups is 2. The second kappa shape index (κ2) is 6.21. The van der Waals surface area contributed by atoms with Crippen molar-refractivity contribution in [1.82, 2.24) is 15.1 Å². The van der Waals surface area contributed by atoms with Crippen molar-refractivity contribution in [1.29, 1.82) is 0 Å². The molecule has 21 heavy (non-hydrogen) atoms. The van der Waals surface area contributed by atoms with E-state index in [2.05, 4.69) is 10.4 Å². The first-order valence-corrected chi connectivity index (χ1v) is 6.55. The van der Waals surface area contributed by atoms with E-state index < -0.39 is 17.9 Å². The Balaban J connectivity index is 2.11. The summed E-state index contributed by atoms with van der Waals surface area (Å²) in [6.07, 6.45) is 0.235. The highest BCUT2D eigenvalue weighted by atomic mass is 16.4. The first-order chi connectivity index (χ1) is 9.97. The second-order valence-electron chi connectivity index (χ2n) is 4.85. The lowest BCUT2D eigenvalue weighted by Crippen LogP contribution is -2.42. The van der Waals surface area contributed by atoms with Crippen LogP contribution in [-0.4, -0.2) is 32.8 Å². The normalized spacial score (nSPS) is 11.9. The molecule has 0 spiro atoms. The van der Waals surface area contributed by atoms with Crippen molar-refractivity contribution >= 4 is 11.9 Å². The van der Waals surface area contributed by atoms with Crippen LogP contribution >= 0.6 is 0 Å². The summed E-state index contributed by atoms with van der Waals surface area (Å²) in [5, 5.41) is 15.9. The van der Waals surface area contributed by atoms with Gasteiger partial charge >= 0.3 is 5.97 Å². The smallest absolute Gasteiger partial charge is 0.326 e. The van der Waals surface area contributed by atoms with Crippen LogP contribution in [-0.2, 0) is 18.3 Å². The Kier molecular flexibility index (Phi) is 4.37. The van der Waals surface area contributed by atoms with Gasteiger partial charge in [0, 0.05) is 13.5 Å². The summed E-state index contributed by atoms with van der Waals surface area (Å²) in [6, 6.07) is 9.83. The maximum absolute atomic E-state index is 12.1. The Morgan fingerprint density at radius 1 is 1.33 bits per heavy atom. The number of nitrogens with zero attached hydrogens (tertiary/aromatic N) is 2. The maximum Gasteiger partial charge on any atom is 0.326 e. The van der Waals surface area contributed by atoms with Crippen LogP contribution in [0.4, 0.5) is 0 Å². The first-order valence-electron chi connectivity index (χ1n) is 6.55. The third-order valence-electron chi connectivity index (χ3n) is 3.12. The highest BCUT2D eigenvalue weighted by Gasteiger charge is 2.22. The van der Waals surface area contributed by atoms with Crippen molar-refractivity contribution in [3.8, 4) is 0 Å². The van der Waals surface area contributed by atoms with Gasteiger partial charge in [-0.2, -0.15) is 5.10 Å². The molecule has 1 aromatic carbocycles. The van der Waals surface area contributed by atoms with E-state index in [1.165, 1.54) is 4.68 Å². The second-order valence-corrected chi connectivity index (χ2v) is 4.85. The molecule has 0 unspecified atom stereocenters. The number of benzene rings is 1.